The second-order valence-electron chi connectivity index (χ2n) is 7.03. The van der Waals surface area contributed by atoms with Crippen LogP contribution in [-0.2, 0) is 32.7 Å². The van der Waals surface area contributed by atoms with Crippen LogP contribution in [0.1, 0.15) is 223 Å². The molecule has 0 saturated carbocycles. The molecule has 0 bridgehead atoms. The smallest absolute Gasteiger partial charge is 0 e. The van der Waals surface area contributed by atoms with Gasteiger partial charge >= 0.3 is 0 Å². The Kier molecular flexibility index (Phi) is 345. The Labute approximate surface area is 290 Å². The van der Waals surface area contributed by atoms with Crippen molar-refractivity contribution in [3.05, 3.63) is 7.43 Å². The normalized spacial score (nSPS) is 6.62. The second-order valence-corrected chi connectivity index (χ2v) is 7.03. The minimum atomic E-state index is 0. The SMILES string of the molecule is C.C.C.C.CC.CC.CC.CC.CC.CC.CC.CC(C)C(C(C)C)(C(C)C)C(C)C.CCC.CCC.[CH3-].[Y]. The van der Waals surface area contributed by atoms with Crippen molar-refractivity contribution < 1.29 is 32.7 Å². The molecule has 0 aromatic heterocycles. The summed E-state index contributed by atoms with van der Waals surface area (Å²) in [4.78, 5) is 0. The van der Waals surface area contributed by atoms with Crippen molar-refractivity contribution >= 4 is 0 Å². The van der Waals surface area contributed by atoms with Crippen LogP contribution in [0.2, 0.25) is 0 Å². The monoisotopic (exact) mass is 651 g/mol. The molecule has 0 N–H and O–H groups in total. The largest absolute Gasteiger partial charge is 0.358 e. The Bertz CT molecular complexity index is 130. The molecule has 0 aromatic carbocycles. The van der Waals surface area contributed by atoms with Crippen molar-refractivity contribution in [3.8, 4) is 0 Å². The minimum Gasteiger partial charge on any atom is -0.358 e. The van der Waals surface area contributed by atoms with E-state index in [0.29, 0.717) is 5.41 Å². The first-order chi connectivity index (χ1) is 15.6. The molecule has 0 aromatic rings. The summed E-state index contributed by atoms with van der Waals surface area (Å²) in [5, 5.41) is 0. The van der Waals surface area contributed by atoms with E-state index >= 15 is 0 Å². The van der Waals surface area contributed by atoms with Gasteiger partial charge in [-0.25, -0.2) is 0 Å². The third-order valence-corrected chi connectivity index (χ3v) is 4.00. The van der Waals surface area contributed by atoms with E-state index in [-0.39, 0.29) is 69.8 Å². The summed E-state index contributed by atoms with van der Waals surface area (Å²) in [6, 6.07) is 0. The van der Waals surface area contributed by atoms with E-state index < -0.39 is 0 Å². The Morgan fingerprint density at radius 1 is 0.333 bits per heavy atom. The van der Waals surface area contributed by atoms with Gasteiger partial charge in [0.05, 0.1) is 0 Å². The molecule has 0 spiro atoms. The van der Waals surface area contributed by atoms with E-state index in [1.165, 1.54) is 12.8 Å². The van der Waals surface area contributed by atoms with E-state index in [4.69, 9.17) is 0 Å². The predicted molar refractivity (Wildman–Crippen MR) is 206 cm³/mol. The van der Waals surface area contributed by atoms with Gasteiger partial charge in [0.2, 0.25) is 0 Å². The van der Waals surface area contributed by atoms with Gasteiger partial charge in [0, 0.05) is 32.7 Å². The fourth-order valence-electron chi connectivity index (χ4n) is 4.00. The van der Waals surface area contributed by atoms with E-state index in [2.05, 4.69) is 83.1 Å². The summed E-state index contributed by atoms with van der Waals surface area (Å²) >= 11 is 0. The molecule has 39 heavy (non-hydrogen) atoms. The molecule has 0 rings (SSSR count). The van der Waals surface area contributed by atoms with Crippen molar-refractivity contribution in [3.63, 3.8) is 0 Å². The molecule has 0 amide bonds. The summed E-state index contributed by atoms with van der Waals surface area (Å²) < 4.78 is 0. The molecule has 0 aliphatic heterocycles. The third-order valence-electron chi connectivity index (χ3n) is 4.00. The van der Waals surface area contributed by atoms with Gasteiger partial charge in [-0.05, 0) is 29.1 Å². The van der Waals surface area contributed by atoms with Crippen LogP contribution < -0.4 is 0 Å². The first-order valence-corrected chi connectivity index (χ1v) is 15.6. The molecule has 261 valence electrons. The van der Waals surface area contributed by atoms with E-state index in [9.17, 15) is 0 Å². The molecule has 0 aliphatic carbocycles. The zero-order valence-electron chi connectivity index (χ0n) is 31.8. The molecule has 0 nitrogen and oxygen atoms in total. The van der Waals surface area contributed by atoms with Gasteiger partial charge in [-0.2, -0.15) is 0 Å². The van der Waals surface area contributed by atoms with Gasteiger partial charge in [0.1, 0.15) is 0 Å². The van der Waals surface area contributed by atoms with Crippen LogP contribution in [0, 0.1) is 36.5 Å². The van der Waals surface area contributed by atoms with E-state index in [0.717, 1.165) is 23.7 Å². The molecule has 0 unspecified atom stereocenters. The van der Waals surface area contributed by atoms with Crippen LogP contribution in [0.3, 0.4) is 0 Å². The van der Waals surface area contributed by atoms with Crippen molar-refractivity contribution in [1.82, 2.24) is 0 Å². The number of hydrogen-bond acceptors (Lipinski definition) is 0. The average Bonchev–Trinajstić information content (AvgIpc) is 2.83. The molecule has 1 heteroatoms. The van der Waals surface area contributed by atoms with Crippen LogP contribution in [0.5, 0.6) is 0 Å². The van der Waals surface area contributed by atoms with Crippen molar-refractivity contribution in [2.24, 2.45) is 29.1 Å². The van der Waals surface area contributed by atoms with Crippen molar-refractivity contribution in [2.45, 2.75) is 223 Å². The summed E-state index contributed by atoms with van der Waals surface area (Å²) in [5.74, 6) is 3.08. The van der Waals surface area contributed by atoms with Crippen LogP contribution in [-0.4, -0.2) is 0 Å². The zero-order chi connectivity index (χ0) is 30.2. The third kappa shape index (κ3) is 85.4. The van der Waals surface area contributed by atoms with Gasteiger partial charge in [-0.1, -0.05) is 223 Å². The maximum Gasteiger partial charge on any atom is 0 e. The summed E-state index contributed by atoms with van der Waals surface area (Å²) in [7, 11) is 0. The van der Waals surface area contributed by atoms with Gasteiger partial charge in [-0.3, -0.25) is 0 Å². The molecular formula is C38H105Y-. The standard InChI is InChI=1S/C13H28.2C3H8.7C2H6.4CH4.CH3.Y/c1-9(2)13(10(3)4,11(5)6)12(7)8;2*1-3-2;7*1-2;;;;;;/h9-12H,1-8H3;2*3H2,1-2H3;7*1-2H3;4*1H4;1H3;/q;;;;;;;;;;;;;;-1;. The average molecular weight is 651 g/mol. The van der Waals surface area contributed by atoms with Crippen molar-refractivity contribution in [1.29, 1.82) is 0 Å². The first-order valence-electron chi connectivity index (χ1n) is 15.6. The second kappa shape index (κ2) is 127. The van der Waals surface area contributed by atoms with Gasteiger partial charge in [0.25, 0.3) is 0 Å². The predicted octanol–water partition coefficient (Wildman–Crippen LogP) is 17.6. The topological polar surface area (TPSA) is 0 Å². The summed E-state index contributed by atoms with van der Waals surface area (Å²) in [5.41, 5.74) is 0.500. The van der Waals surface area contributed by atoms with Crippen LogP contribution in [0.4, 0.5) is 0 Å². The van der Waals surface area contributed by atoms with E-state index in [1.54, 1.807) is 0 Å². The first kappa shape index (κ1) is 106. The maximum absolute atomic E-state index is 2.38. The van der Waals surface area contributed by atoms with Gasteiger partial charge in [-0.15, -0.1) is 0 Å². The maximum atomic E-state index is 2.38. The summed E-state index contributed by atoms with van der Waals surface area (Å²) in [6.07, 6.45) is 2.50. The number of rotatable bonds is 4. The van der Waals surface area contributed by atoms with Crippen LogP contribution in [0.25, 0.3) is 0 Å². The fourth-order valence-corrected chi connectivity index (χ4v) is 4.00. The molecule has 0 fully saturated rings. The minimum absolute atomic E-state index is 0. The van der Waals surface area contributed by atoms with Gasteiger partial charge < -0.3 is 7.43 Å². The van der Waals surface area contributed by atoms with Crippen molar-refractivity contribution in [2.75, 3.05) is 0 Å². The Morgan fingerprint density at radius 3 is 0.385 bits per heavy atom. The molecule has 0 atom stereocenters. The Balaban J connectivity index is -0.0000000125. The number of hydrogen-bond donors (Lipinski definition) is 0. The molecule has 0 saturated heterocycles. The van der Waals surface area contributed by atoms with Crippen LogP contribution >= 0.6 is 0 Å². The molecule has 1 radical (unpaired) electrons. The molecule has 0 heterocycles. The molecule has 0 aliphatic rings. The fraction of sp³-hybridized carbons (Fsp3) is 0.974. The van der Waals surface area contributed by atoms with E-state index in [1.807, 2.05) is 96.9 Å². The van der Waals surface area contributed by atoms with Gasteiger partial charge in [0.15, 0.2) is 0 Å². The quantitative estimate of drug-likeness (QED) is 0.266. The van der Waals surface area contributed by atoms with Crippen LogP contribution in [0.15, 0.2) is 0 Å². The zero-order valence-corrected chi connectivity index (χ0v) is 34.6. The molecular weight excluding hydrogens is 545 g/mol. The Hall–Kier alpha value is 1.10. The summed E-state index contributed by atoms with van der Waals surface area (Å²) in [6.45, 7) is 55.5. The Morgan fingerprint density at radius 2 is 0.385 bits per heavy atom.